The van der Waals surface area contributed by atoms with Gasteiger partial charge in [-0.1, -0.05) is 200 Å². The van der Waals surface area contributed by atoms with Gasteiger partial charge in [-0.15, -0.1) is 22.7 Å². The Labute approximate surface area is 402 Å². The smallest absolute Gasteiger partial charge is 0.0349 e. The Morgan fingerprint density at radius 2 is 0.868 bits per heavy atom. The van der Waals surface area contributed by atoms with Crippen LogP contribution < -0.4 is 0 Å². The molecule has 0 amide bonds. The van der Waals surface area contributed by atoms with E-state index in [9.17, 15) is 0 Å². The highest BCUT2D eigenvalue weighted by atomic mass is 32.1. The van der Waals surface area contributed by atoms with Crippen LogP contribution in [0.15, 0.2) is 217 Å². The SMILES string of the molecule is C1=CC(c2csc3ccccc23)C2=CCc3ccc(-c4ccc(-c5ccc(-c6ccc(-c7ccc8ccc9c(-c%10csc%11ccccc%10%11)ccc%10ccc7c8c%109)cc6)cc5)cc4)c4ccc1c2c34. The van der Waals surface area contributed by atoms with Gasteiger partial charge < -0.3 is 0 Å². The normalized spacial score (nSPS) is 14.3. The van der Waals surface area contributed by atoms with Crippen LogP contribution in [0, 0.1) is 0 Å². The molecule has 0 radical (unpaired) electrons. The molecule has 11 aromatic carbocycles. The summed E-state index contributed by atoms with van der Waals surface area (Å²) in [7, 11) is 0. The van der Waals surface area contributed by atoms with Crippen LogP contribution in [-0.4, -0.2) is 0 Å². The van der Waals surface area contributed by atoms with Crippen LogP contribution in [0.5, 0.6) is 0 Å². The first-order valence-corrected chi connectivity index (χ1v) is 25.4. The van der Waals surface area contributed by atoms with Crippen molar-refractivity contribution in [3.05, 3.63) is 239 Å². The number of hydrogen-bond acceptors (Lipinski definition) is 2. The van der Waals surface area contributed by atoms with Crippen LogP contribution in [0.4, 0.5) is 0 Å². The van der Waals surface area contributed by atoms with Gasteiger partial charge in [-0.25, -0.2) is 0 Å². The van der Waals surface area contributed by atoms with E-state index in [0.29, 0.717) is 0 Å². The van der Waals surface area contributed by atoms with E-state index in [-0.39, 0.29) is 5.92 Å². The summed E-state index contributed by atoms with van der Waals surface area (Å²) >= 11 is 3.69. The number of allylic oxidation sites excluding steroid dienone is 3. The molecule has 2 aliphatic carbocycles. The summed E-state index contributed by atoms with van der Waals surface area (Å²) in [5.41, 5.74) is 19.6. The van der Waals surface area contributed by atoms with Gasteiger partial charge in [-0.05, 0) is 156 Å². The van der Waals surface area contributed by atoms with Gasteiger partial charge in [0.1, 0.15) is 0 Å². The van der Waals surface area contributed by atoms with Gasteiger partial charge in [0.2, 0.25) is 0 Å². The van der Waals surface area contributed by atoms with E-state index in [1.807, 2.05) is 22.7 Å². The number of benzene rings is 11. The van der Waals surface area contributed by atoms with Crippen molar-refractivity contribution in [3.8, 4) is 55.6 Å². The first-order valence-electron chi connectivity index (χ1n) is 23.6. The van der Waals surface area contributed by atoms with Crippen LogP contribution >= 0.6 is 22.7 Å². The molecule has 68 heavy (non-hydrogen) atoms. The zero-order valence-corrected chi connectivity index (χ0v) is 38.6. The number of thiophene rings is 2. The molecule has 0 saturated carbocycles. The van der Waals surface area contributed by atoms with Crippen LogP contribution in [0.2, 0.25) is 0 Å². The molecular formula is C66H40S2. The van der Waals surface area contributed by atoms with Gasteiger partial charge in [-0.3, -0.25) is 0 Å². The van der Waals surface area contributed by atoms with Gasteiger partial charge in [-0.2, -0.15) is 0 Å². The highest BCUT2D eigenvalue weighted by molar-refractivity contribution is 7.18. The Bertz CT molecular complexity index is 4250. The second-order valence-corrected chi connectivity index (χ2v) is 20.5. The molecule has 0 N–H and O–H groups in total. The Kier molecular flexibility index (Phi) is 8.33. The van der Waals surface area contributed by atoms with Crippen molar-refractivity contribution < 1.29 is 0 Å². The van der Waals surface area contributed by atoms with E-state index in [1.54, 1.807) is 0 Å². The summed E-state index contributed by atoms with van der Waals surface area (Å²) in [5.74, 6) is 0.268. The lowest BCUT2D eigenvalue weighted by atomic mass is 9.74. The summed E-state index contributed by atoms with van der Waals surface area (Å²) in [6, 6.07) is 72.9. The molecule has 0 saturated heterocycles. The molecule has 0 spiro atoms. The predicted molar refractivity (Wildman–Crippen MR) is 295 cm³/mol. The van der Waals surface area contributed by atoms with E-state index in [4.69, 9.17) is 0 Å². The largest absolute Gasteiger partial charge is 0.143 e. The lowest BCUT2D eigenvalue weighted by Gasteiger charge is -2.29. The average Bonchev–Trinajstić information content (AvgIpc) is 4.04. The first kappa shape index (κ1) is 38.2. The van der Waals surface area contributed by atoms with E-state index in [2.05, 4.69) is 223 Å². The molecule has 0 fully saturated rings. The molecule has 2 heterocycles. The lowest BCUT2D eigenvalue weighted by Crippen LogP contribution is -2.10. The second-order valence-electron chi connectivity index (χ2n) is 18.6. The molecular weight excluding hydrogens is 857 g/mol. The topological polar surface area (TPSA) is 0 Å². The molecule has 13 aromatic rings. The van der Waals surface area contributed by atoms with Crippen molar-refractivity contribution in [2.75, 3.05) is 0 Å². The van der Waals surface area contributed by atoms with Crippen molar-refractivity contribution in [1.29, 1.82) is 0 Å². The van der Waals surface area contributed by atoms with E-state index >= 15 is 0 Å². The van der Waals surface area contributed by atoms with Crippen LogP contribution in [0.25, 0.3) is 131 Å². The summed E-state index contributed by atoms with van der Waals surface area (Å²) in [6.45, 7) is 0. The quantitative estimate of drug-likeness (QED) is 0.146. The minimum atomic E-state index is 0.268. The molecule has 2 heteroatoms. The van der Waals surface area contributed by atoms with Gasteiger partial charge in [0.15, 0.2) is 0 Å². The van der Waals surface area contributed by atoms with Crippen LogP contribution in [0.3, 0.4) is 0 Å². The molecule has 0 bridgehead atoms. The maximum absolute atomic E-state index is 2.49. The zero-order valence-electron chi connectivity index (χ0n) is 37.0. The predicted octanol–water partition coefficient (Wildman–Crippen LogP) is 19.3. The average molecular weight is 897 g/mol. The van der Waals surface area contributed by atoms with Crippen molar-refractivity contribution in [2.45, 2.75) is 12.3 Å². The van der Waals surface area contributed by atoms with Gasteiger partial charge in [0.25, 0.3) is 0 Å². The monoisotopic (exact) mass is 896 g/mol. The molecule has 0 nitrogen and oxygen atoms in total. The molecule has 1 unspecified atom stereocenters. The Morgan fingerprint density at radius 1 is 0.368 bits per heavy atom. The Balaban J connectivity index is 0.713. The van der Waals surface area contributed by atoms with E-state index in [0.717, 1.165) is 6.42 Å². The van der Waals surface area contributed by atoms with Crippen LogP contribution in [-0.2, 0) is 6.42 Å². The fourth-order valence-corrected chi connectivity index (χ4v) is 13.8. The summed E-state index contributed by atoms with van der Waals surface area (Å²) in [6.07, 6.45) is 8.23. The fourth-order valence-electron chi connectivity index (χ4n) is 11.8. The third-order valence-electron chi connectivity index (χ3n) is 15.2. The Morgan fingerprint density at radius 3 is 1.53 bits per heavy atom. The maximum atomic E-state index is 2.49. The molecule has 0 aliphatic heterocycles. The second kappa shape index (κ2) is 14.8. The Hall–Kier alpha value is -7.88. The zero-order chi connectivity index (χ0) is 44.5. The molecule has 316 valence electrons. The number of hydrogen-bond donors (Lipinski definition) is 0. The fraction of sp³-hybridized carbons (Fsp3) is 0.0303. The maximum Gasteiger partial charge on any atom is 0.0349 e. The van der Waals surface area contributed by atoms with Crippen LogP contribution in [0.1, 0.15) is 28.2 Å². The highest BCUT2D eigenvalue weighted by Crippen LogP contribution is 2.50. The number of rotatable bonds is 6. The van der Waals surface area contributed by atoms with Crippen molar-refractivity contribution in [2.24, 2.45) is 0 Å². The van der Waals surface area contributed by atoms with Crippen molar-refractivity contribution >= 4 is 97.6 Å². The van der Waals surface area contributed by atoms with Crippen molar-refractivity contribution in [3.63, 3.8) is 0 Å². The third kappa shape index (κ3) is 5.72. The third-order valence-corrected chi connectivity index (χ3v) is 17.1. The van der Waals surface area contributed by atoms with Crippen molar-refractivity contribution in [1.82, 2.24) is 0 Å². The number of fused-ring (bicyclic) bond motifs is 2. The van der Waals surface area contributed by atoms with Gasteiger partial charge in [0, 0.05) is 26.3 Å². The first-order chi connectivity index (χ1) is 33.7. The van der Waals surface area contributed by atoms with Gasteiger partial charge in [0.05, 0.1) is 0 Å². The van der Waals surface area contributed by atoms with E-state index in [1.165, 1.54) is 147 Å². The molecule has 1 atom stereocenters. The summed E-state index contributed by atoms with van der Waals surface area (Å²) in [5, 5.41) is 18.1. The minimum absolute atomic E-state index is 0.268. The van der Waals surface area contributed by atoms with Gasteiger partial charge >= 0.3 is 0 Å². The minimum Gasteiger partial charge on any atom is -0.143 e. The summed E-state index contributed by atoms with van der Waals surface area (Å²) in [4.78, 5) is 0. The molecule has 2 aromatic heterocycles. The lowest BCUT2D eigenvalue weighted by molar-refractivity contribution is 1.10. The molecule has 15 rings (SSSR count). The standard InChI is InChI=1S/C66H40S2/c1-3-7-61-53(5-1)59(37-67-61)51-31-23-47-25-33-55-49(29-21-45-27-35-57(51)65(47)63(45)55)43-17-13-41(14-18-43)39-9-11-40(12-10-39)42-15-19-44(20-16-42)50-30-22-46-28-36-58-52(60-38-68-62-8-4-2-6-54(60)62)32-24-48-26-34-56(50)64(46)66(48)58/h1-27,29-38,52H,28H2. The summed E-state index contributed by atoms with van der Waals surface area (Å²) < 4.78 is 2.69. The molecule has 2 aliphatic rings. The van der Waals surface area contributed by atoms with E-state index < -0.39 is 0 Å². The highest BCUT2D eigenvalue weighted by Gasteiger charge is 2.29.